The van der Waals surface area contributed by atoms with E-state index in [1.165, 1.54) is 0 Å². The van der Waals surface area contributed by atoms with Crippen molar-refractivity contribution in [3.63, 3.8) is 0 Å². The van der Waals surface area contributed by atoms with E-state index in [9.17, 15) is 9.18 Å². The Morgan fingerprint density at radius 3 is 2.64 bits per heavy atom. The first-order chi connectivity index (χ1) is 10.7. The van der Waals surface area contributed by atoms with Gasteiger partial charge in [-0.05, 0) is 24.5 Å². The molecule has 0 aromatic heterocycles. The fourth-order valence-corrected chi connectivity index (χ4v) is 3.48. The van der Waals surface area contributed by atoms with Crippen LogP contribution < -0.4 is 0 Å². The van der Waals surface area contributed by atoms with Gasteiger partial charge in [0.15, 0.2) is 0 Å². The maximum atomic E-state index is 14.5. The van der Waals surface area contributed by atoms with Gasteiger partial charge in [-0.1, -0.05) is 25.0 Å². The molecule has 0 N–H and O–H groups in total. The number of hydrogen-bond acceptors (Lipinski definition) is 4. The molecule has 0 radical (unpaired) electrons. The highest BCUT2D eigenvalue weighted by atomic mass is 19.1. The predicted octanol–water partition coefficient (Wildman–Crippen LogP) is 2.76. The van der Waals surface area contributed by atoms with Crippen molar-refractivity contribution >= 4 is 6.08 Å². The highest BCUT2D eigenvalue weighted by molar-refractivity contribution is 5.39. The fourth-order valence-electron chi connectivity index (χ4n) is 3.48. The highest BCUT2D eigenvalue weighted by Crippen LogP contribution is 2.42. The zero-order valence-electron chi connectivity index (χ0n) is 12.7. The molecule has 118 valence electrons. The third kappa shape index (κ3) is 3.12. The van der Waals surface area contributed by atoms with Crippen molar-refractivity contribution in [3.05, 3.63) is 35.1 Å². The molecule has 1 aliphatic heterocycles. The molecule has 0 bridgehead atoms. The second-order valence-corrected chi connectivity index (χ2v) is 6.14. The van der Waals surface area contributed by atoms with Crippen molar-refractivity contribution < 1.29 is 13.9 Å². The van der Waals surface area contributed by atoms with Gasteiger partial charge in [0.1, 0.15) is 5.82 Å². The topological polar surface area (TPSA) is 41.9 Å². The highest BCUT2D eigenvalue weighted by Gasteiger charge is 2.36. The molecule has 1 aliphatic carbocycles. The zero-order chi connectivity index (χ0) is 15.4. The summed E-state index contributed by atoms with van der Waals surface area (Å²) < 4.78 is 19.8. The van der Waals surface area contributed by atoms with Crippen LogP contribution in [-0.2, 0) is 21.6 Å². The van der Waals surface area contributed by atoms with Gasteiger partial charge in [0.05, 0.1) is 18.8 Å². The number of hydrogen-bond donors (Lipinski definition) is 0. The molecule has 4 nitrogen and oxygen atoms in total. The maximum Gasteiger partial charge on any atom is 0.235 e. The van der Waals surface area contributed by atoms with E-state index in [1.54, 1.807) is 12.1 Å². The van der Waals surface area contributed by atoms with E-state index < -0.39 is 5.54 Å². The van der Waals surface area contributed by atoms with Crippen LogP contribution in [0, 0.1) is 5.82 Å². The normalized spacial score (nSPS) is 21.5. The minimum atomic E-state index is -0.555. The lowest BCUT2D eigenvalue weighted by Gasteiger charge is -2.27. The third-order valence-electron chi connectivity index (χ3n) is 4.78. The Hall–Kier alpha value is -1.55. The Balaban J connectivity index is 1.80. The van der Waals surface area contributed by atoms with Gasteiger partial charge in [0, 0.05) is 25.2 Å². The van der Waals surface area contributed by atoms with E-state index in [0.717, 1.165) is 44.3 Å². The Morgan fingerprint density at radius 1 is 1.27 bits per heavy atom. The van der Waals surface area contributed by atoms with Gasteiger partial charge >= 0.3 is 0 Å². The Labute approximate surface area is 130 Å². The summed E-state index contributed by atoms with van der Waals surface area (Å²) in [5.74, 6) is -0.212. The number of aliphatic imine (C=N–C) groups is 1. The molecule has 1 aromatic carbocycles. The molecule has 2 fully saturated rings. The van der Waals surface area contributed by atoms with Gasteiger partial charge in [-0.25, -0.2) is 9.18 Å². The van der Waals surface area contributed by atoms with Gasteiger partial charge < -0.3 is 4.74 Å². The van der Waals surface area contributed by atoms with E-state index in [4.69, 9.17) is 4.74 Å². The summed E-state index contributed by atoms with van der Waals surface area (Å²) in [5, 5.41) is 0. The lowest BCUT2D eigenvalue weighted by atomic mass is 9.88. The molecule has 0 amide bonds. The van der Waals surface area contributed by atoms with Crippen molar-refractivity contribution in [1.29, 1.82) is 0 Å². The second-order valence-electron chi connectivity index (χ2n) is 6.14. The predicted molar refractivity (Wildman–Crippen MR) is 80.8 cm³/mol. The Bertz CT molecular complexity index is 572. The van der Waals surface area contributed by atoms with Crippen LogP contribution in [0.4, 0.5) is 4.39 Å². The third-order valence-corrected chi connectivity index (χ3v) is 4.78. The standard InChI is InChI=1S/C17H21FN2O2/c18-16-11-15(17(19-13-21)5-1-2-6-17)4-3-14(16)12-20-7-9-22-10-8-20/h3-4,11H,1-2,5-10,12H2. The van der Waals surface area contributed by atoms with Crippen LogP contribution >= 0.6 is 0 Å². The van der Waals surface area contributed by atoms with Crippen LogP contribution in [-0.4, -0.2) is 37.3 Å². The first kappa shape index (κ1) is 15.3. The minimum absolute atomic E-state index is 0.212. The van der Waals surface area contributed by atoms with Crippen molar-refractivity contribution in [2.24, 2.45) is 4.99 Å². The lowest BCUT2D eigenvalue weighted by Crippen LogP contribution is -2.35. The number of benzene rings is 1. The quantitative estimate of drug-likeness (QED) is 0.634. The molecule has 5 heteroatoms. The number of rotatable bonds is 4. The summed E-state index contributed by atoms with van der Waals surface area (Å²) in [6, 6.07) is 5.31. The van der Waals surface area contributed by atoms with Crippen LogP contribution in [0.25, 0.3) is 0 Å². The summed E-state index contributed by atoms with van der Waals surface area (Å²) in [6.45, 7) is 3.67. The molecule has 3 rings (SSSR count). The van der Waals surface area contributed by atoms with E-state index in [1.807, 2.05) is 12.1 Å². The monoisotopic (exact) mass is 304 g/mol. The van der Waals surface area contributed by atoms with Crippen LogP contribution in [0.1, 0.15) is 36.8 Å². The number of carbonyl (C=O) groups excluding carboxylic acids is 1. The van der Waals surface area contributed by atoms with Crippen molar-refractivity contribution in [3.8, 4) is 0 Å². The molecule has 1 saturated heterocycles. The SMILES string of the molecule is O=C=NC1(c2ccc(CN3CCOCC3)c(F)c2)CCCC1. The summed E-state index contributed by atoms with van der Waals surface area (Å²) in [6.07, 6.45) is 5.30. The first-order valence-electron chi connectivity index (χ1n) is 7.92. The maximum absolute atomic E-state index is 14.5. The Morgan fingerprint density at radius 2 is 2.00 bits per heavy atom. The minimum Gasteiger partial charge on any atom is -0.379 e. The van der Waals surface area contributed by atoms with Gasteiger partial charge in [-0.15, -0.1) is 0 Å². The van der Waals surface area contributed by atoms with Crippen molar-refractivity contribution in [2.75, 3.05) is 26.3 Å². The average Bonchev–Trinajstić information content (AvgIpc) is 3.00. The van der Waals surface area contributed by atoms with E-state index in [0.29, 0.717) is 25.3 Å². The van der Waals surface area contributed by atoms with Gasteiger partial charge in [-0.3, -0.25) is 4.90 Å². The zero-order valence-corrected chi connectivity index (χ0v) is 12.7. The largest absolute Gasteiger partial charge is 0.379 e. The molecular weight excluding hydrogens is 283 g/mol. The smallest absolute Gasteiger partial charge is 0.235 e. The molecular formula is C17H21FN2O2. The lowest BCUT2D eigenvalue weighted by molar-refractivity contribution is 0.0337. The molecule has 2 aliphatic rings. The number of morpholine rings is 1. The van der Waals surface area contributed by atoms with Crippen LogP contribution in [0.2, 0.25) is 0 Å². The number of halogens is 1. The average molecular weight is 304 g/mol. The molecule has 0 atom stereocenters. The summed E-state index contributed by atoms with van der Waals surface area (Å²) in [4.78, 5) is 17.0. The second kappa shape index (κ2) is 6.69. The molecule has 0 spiro atoms. The number of isocyanates is 1. The molecule has 1 saturated carbocycles. The van der Waals surface area contributed by atoms with E-state index >= 15 is 0 Å². The summed E-state index contributed by atoms with van der Waals surface area (Å²) in [7, 11) is 0. The fraction of sp³-hybridized carbons (Fsp3) is 0.588. The molecule has 0 unspecified atom stereocenters. The van der Waals surface area contributed by atoms with Crippen LogP contribution in [0.15, 0.2) is 23.2 Å². The van der Waals surface area contributed by atoms with Crippen LogP contribution in [0.5, 0.6) is 0 Å². The van der Waals surface area contributed by atoms with Crippen molar-refractivity contribution in [2.45, 2.75) is 37.8 Å². The van der Waals surface area contributed by atoms with Gasteiger partial charge in [0.2, 0.25) is 6.08 Å². The van der Waals surface area contributed by atoms with Crippen LogP contribution in [0.3, 0.4) is 0 Å². The van der Waals surface area contributed by atoms with Gasteiger partial charge in [-0.2, -0.15) is 4.99 Å². The summed E-state index contributed by atoms with van der Waals surface area (Å²) >= 11 is 0. The summed E-state index contributed by atoms with van der Waals surface area (Å²) in [5.41, 5.74) is 0.936. The molecule has 22 heavy (non-hydrogen) atoms. The van der Waals surface area contributed by atoms with Gasteiger partial charge in [0.25, 0.3) is 0 Å². The first-order valence-corrected chi connectivity index (χ1v) is 7.92. The Kier molecular flexibility index (Phi) is 4.67. The number of nitrogens with zero attached hydrogens (tertiary/aromatic N) is 2. The van der Waals surface area contributed by atoms with E-state index in [2.05, 4.69) is 9.89 Å². The number of ether oxygens (including phenoxy) is 1. The van der Waals surface area contributed by atoms with E-state index in [-0.39, 0.29) is 5.82 Å². The van der Waals surface area contributed by atoms with Crippen molar-refractivity contribution in [1.82, 2.24) is 4.90 Å². The molecule has 1 heterocycles. The molecule has 1 aromatic rings.